The van der Waals surface area contributed by atoms with Crippen molar-refractivity contribution in [1.82, 2.24) is 14.3 Å². The summed E-state index contributed by atoms with van der Waals surface area (Å²) in [6.07, 6.45) is 2.09. The number of hydrogen-bond acceptors (Lipinski definition) is 4. The number of rotatable bonds is 5. The maximum absolute atomic E-state index is 15.3. The van der Waals surface area contributed by atoms with Gasteiger partial charge < -0.3 is 24.1 Å². The molecule has 0 saturated carbocycles. The molecule has 0 bridgehead atoms. The largest absolute Gasteiger partial charge is 0.379 e. The summed E-state index contributed by atoms with van der Waals surface area (Å²) in [6, 6.07) is 8.36. The van der Waals surface area contributed by atoms with Crippen molar-refractivity contribution in [2.75, 3.05) is 78.9 Å². The van der Waals surface area contributed by atoms with Crippen LogP contribution < -0.4 is 4.90 Å². The van der Waals surface area contributed by atoms with Gasteiger partial charge >= 0.3 is 0 Å². The summed E-state index contributed by atoms with van der Waals surface area (Å²) < 4.78 is 36.7. The third-order valence-corrected chi connectivity index (χ3v) is 10.3. The highest BCUT2D eigenvalue weighted by atomic mass is 31.2. The number of ether oxygens (including phenoxy) is 3. The second kappa shape index (κ2) is 9.09. The Labute approximate surface area is 177 Å². The van der Waals surface area contributed by atoms with Gasteiger partial charge in [-0.3, -0.25) is 4.57 Å². The number of aromatic nitrogens is 1. The average molecular weight is 435 g/mol. The molecular formula is C21H32N4O4P+. The SMILES string of the molecule is O=P([C@H](c1c[nH]c2ccccc12)[NH+]1CCOCC1)(N1CCOCC1)N1CCOCC1. The number of morpholine rings is 3. The van der Waals surface area contributed by atoms with Crippen molar-refractivity contribution in [3.05, 3.63) is 36.0 Å². The second-order valence-corrected chi connectivity index (χ2v) is 11.0. The summed E-state index contributed by atoms with van der Waals surface area (Å²) in [5, 5.41) is 1.17. The van der Waals surface area contributed by atoms with Crippen LogP contribution in [-0.4, -0.2) is 93.2 Å². The molecule has 3 aliphatic heterocycles. The minimum Gasteiger partial charge on any atom is -0.379 e. The summed E-state index contributed by atoms with van der Waals surface area (Å²) in [5.74, 6) is -0.131. The van der Waals surface area contributed by atoms with Gasteiger partial charge in [0.15, 0.2) is 5.78 Å². The van der Waals surface area contributed by atoms with E-state index in [0.29, 0.717) is 65.8 Å². The third kappa shape index (κ3) is 3.75. The van der Waals surface area contributed by atoms with E-state index in [1.54, 1.807) is 0 Å². The van der Waals surface area contributed by atoms with Crippen LogP contribution in [0.25, 0.3) is 10.9 Å². The van der Waals surface area contributed by atoms with Crippen LogP contribution in [0.4, 0.5) is 0 Å². The summed E-state index contributed by atoms with van der Waals surface area (Å²) >= 11 is 0. The monoisotopic (exact) mass is 435 g/mol. The van der Waals surface area contributed by atoms with E-state index >= 15 is 4.57 Å². The highest BCUT2D eigenvalue weighted by Gasteiger charge is 2.52. The molecule has 0 unspecified atom stereocenters. The van der Waals surface area contributed by atoms with Crippen LogP contribution in [-0.2, 0) is 18.8 Å². The molecule has 3 saturated heterocycles. The van der Waals surface area contributed by atoms with Gasteiger partial charge in [0.05, 0.1) is 39.6 Å². The van der Waals surface area contributed by atoms with Crippen molar-refractivity contribution < 1.29 is 23.7 Å². The standard InChI is InChI=1S/C21H31N4O4P/c26-30(24-7-13-28-14-8-24,25-9-15-29-16-10-25)21(23-5-11-27-12-6-23)19-17-22-20-4-2-1-3-18(19)20/h1-4,17,21-22H,5-16H2/p+1/t21-/m1/s1. The number of fused-ring (bicyclic) bond motifs is 1. The molecule has 1 aromatic carbocycles. The van der Waals surface area contributed by atoms with Crippen LogP contribution in [0, 0.1) is 0 Å². The molecule has 0 radical (unpaired) electrons. The van der Waals surface area contributed by atoms with E-state index in [1.165, 1.54) is 10.3 Å². The zero-order chi connectivity index (χ0) is 20.4. The van der Waals surface area contributed by atoms with Gasteiger partial charge in [-0.25, -0.2) is 9.34 Å². The van der Waals surface area contributed by atoms with Gasteiger partial charge in [-0.2, -0.15) is 0 Å². The lowest BCUT2D eigenvalue weighted by Gasteiger charge is -2.47. The fourth-order valence-electron chi connectivity index (χ4n) is 5.05. The van der Waals surface area contributed by atoms with Crippen LogP contribution in [0.1, 0.15) is 11.3 Å². The topological polar surface area (TPSA) is 71.5 Å². The van der Waals surface area contributed by atoms with E-state index in [4.69, 9.17) is 14.2 Å². The Bertz CT molecular complexity index is 866. The van der Waals surface area contributed by atoms with Gasteiger partial charge in [0.1, 0.15) is 13.1 Å². The predicted octanol–water partition coefficient (Wildman–Crippen LogP) is 0.939. The first-order valence-electron chi connectivity index (χ1n) is 11.0. The van der Waals surface area contributed by atoms with E-state index in [-0.39, 0.29) is 5.78 Å². The maximum atomic E-state index is 15.3. The summed E-state index contributed by atoms with van der Waals surface area (Å²) in [7, 11) is -2.95. The number of nitrogens with one attached hydrogen (secondary N) is 2. The first kappa shape index (κ1) is 20.6. The smallest absolute Gasteiger partial charge is 0.277 e. The fraction of sp³-hybridized carbons (Fsp3) is 0.619. The molecule has 4 heterocycles. The van der Waals surface area contributed by atoms with Crippen molar-refractivity contribution in [3.8, 4) is 0 Å². The molecule has 1 atom stereocenters. The van der Waals surface area contributed by atoms with Crippen LogP contribution in [0.15, 0.2) is 30.5 Å². The Kier molecular flexibility index (Phi) is 6.25. The first-order valence-corrected chi connectivity index (χ1v) is 12.7. The lowest BCUT2D eigenvalue weighted by molar-refractivity contribution is -0.925. The van der Waals surface area contributed by atoms with Gasteiger partial charge in [0.2, 0.25) is 0 Å². The zero-order valence-electron chi connectivity index (χ0n) is 17.4. The summed E-state index contributed by atoms with van der Waals surface area (Å²) in [6.45, 7) is 8.50. The molecule has 3 aliphatic rings. The lowest BCUT2D eigenvalue weighted by atomic mass is 10.1. The van der Waals surface area contributed by atoms with Gasteiger partial charge in [0.25, 0.3) is 7.44 Å². The van der Waals surface area contributed by atoms with E-state index in [1.807, 2.05) is 6.07 Å². The summed E-state index contributed by atoms with van der Waals surface area (Å²) in [5.41, 5.74) is 2.25. The summed E-state index contributed by atoms with van der Waals surface area (Å²) in [4.78, 5) is 4.79. The van der Waals surface area contributed by atoms with Crippen LogP contribution in [0.2, 0.25) is 0 Å². The van der Waals surface area contributed by atoms with Crippen molar-refractivity contribution in [2.45, 2.75) is 5.78 Å². The Morgan fingerprint density at radius 3 is 2.07 bits per heavy atom. The Morgan fingerprint density at radius 2 is 1.43 bits per heavy atom. The maximum Gasteiger partial charge on any atom is 0.277 e. The Morgan fingerprint density at radius 1 is 0.867 bits per heavy atom. The molecule has 2 N–H and O–H groups in total. The number of nitrogens with zero attached hydrogens (tertiary/aromatic N) is 2. The lowest BCUT2D eigenvalue weighted by Crippen LogP contribution is -3.14. The van der Waals surface area contributed by atoms with Crippen molar-refractivity contribution in [3.63, 3.8) is 0 Å². The average Bonchev–Trinajstić information content (AvgIpc) is 3.25. The first-order chi connectivity index (χ1) is 14.8. The molecule has 30 heavy (non-hydrogen) atoms. The predicted molar refractivity (Wildman–Crippen MR) is 115 cm³/mol. The van der Waals surface area contributed by atoms with Crippen LogP contribution >= 0.6 is 7.44 Å². The normalized spacial score (nSPS) is 24.3. The quantitative estimate of drug-likeness (QED) is 0.682. The van der Waals surface area contributed by atoms with Gasteiger partial charge in [-0.05, 0) is 6.07 Å². The second-order valence-electron chi connectivity index (χ2n) is 8.18. The van der Waals surface area contributed by atoms with Gasteiger partial charge in [0, 0.05) is 48.8 Å². The molecule has 9 heteroatoms. The van der Waals surface area contributed by atoms with Crippen LogP contribution in [0.5, 0.6) is 0 Å². The molecule has 5 rings (SSSR count). The fourth-order valence-corrected chi connectivity index (χ4v) is 8.85. The van der Waals surface area contributed by atoms with Crippen molar-refractivity contribution >= 4 is 18.3 Å². The van der Waals surface area contributed by atoms with E-state index in [9.17, 15) is 0 Å². The van der Waals surface area contributed by atoms with Crippen molar-refractivity contribution in [2.24, 2.45) is 0 Å². The molecule has 164 valence electrons. The third-order valence-electron chi connectivity index (χ3n) is 6.56. The molecule has 0 amide bonds. The van der Waals surface area contributed by atoms with E-state index < -0.39 is 7.44 Å². The molecule has 0 aliphatic carbocycles. The number of H-pyrrole nitrogens is 1. The number of hydrogen-bond donors (Lipinski definition) is 2. The van der Waals surface area contributed by atoms with Crippen molar-refractivity contribution in [1.29, 1.82) is 0 Å². The highest BCUT2D eigenvalue weighted by Crippen LogP contribution is 2.62. The molecule has 0 spiro atoms. The number of quaternary nitrogens is 1. The molecule has 2 aromatic rings. The minimum absolute atomic E-state index is 0.131. The van der Waals surface area contributed by atoms with Gasteiger partial charge in [-0.15, -0.1) is 0 Å². The molecule has 3 fully saturated rings. The van der Waals surface area contributed by atoms with Gasteiger partial charge in [-0.1, -0.05) is 18.2 Å². The Hall–Kier alpha value is -1.25. The van der Waals surface area contributed by atoms with E-state index in [0.717, 1.165) is 24.2 Å². The number of aromatic amines is 1. The minimum atomic E-state index is -2.95. The molecule has 1 aromatic heterocycles. The highest BCUT2D eigenvalue weighted by molar-refractivity contribution is 7.59. The number of benzene rings is 1. The zero-order valence-corrected chi connectivity index (χ0v) is 18.3. The molecular weight excluding hydrogens is 403 g/mol. The number of para-hydroxylation sites is 1. The van der Waals surface area contributed by atoms with E-state index in [2.05, 4.69) is 38.7 Å². The van der Waals surface area contributed by atoms with Crippen LogP contribution in [0.3, 0.4) is 0 Å². The Balaban J connectivity index is 1.64. The molecule has 8 nitrogen and oxygen atoms in total.